The van der Waals surface area contributed by atoms with Crippen LogP contribution in [0.4, 0.5) is 0 Å². The number of carbonyl (C=O) groups is 1. The third kappa shape index (κ3) is 3.27. The number of aryl methyl sites for hydroxylation is 1. The number of nitrogens with one attached hydrogen (secondary N) is 1. The van der Waals surface area contributed by atoms with Crippen molar-refractivity contribution in [2.75, 3.05) is 6.54 Å². The summed E-state index contributed by atoms with van der Waals surface area (Å²) in [5.41, 5.74) is 0.935. The number of nitriles is 1. The van der Waals surface area contributed by atoms with E-state index in [0.717, 1.165) is 5.69 Å². The first-order valence-corrected chi connectivity index (χ1v) is 4.33. The Balaban J connectivity index is 2.22. The molecule has 1 heterocycles. The number of hydrogen-bond acceptors (Lipinski definition) is 3. The van der Waals surface area contributed by atoms with Gasteiger partial charge in [-0.1, -0.05) is 0 Å². The second-order valence-electron chi connectivity index (χ2n) is 2.97. The van der Waals surface area contributed by atoms with Crippen molar-refractivity contribution in [1.29, 1.82) is 5.26 Å². The Hall–Kier alpha value is -1.83. The molecule has 0 bridgehead atoms. The van der Waals surface area contributed by atoms with Gasteiger partial charge < -0.3 is 9.88 Å². The second kappa shape index (κ2) is 5.02. The first-order valence-electron chi connectivity index (χ1n) is 4.33. The zero-order valence-corrected chi connectivity index (χ0v) is 8.03. The van der Waals surface area contributed by atoms with Gasteiger partial charge in [0.1, 0.15) is 6.42 Å². The minimum absolute atomic E-state index is 0.0811. The minimum atomic E-state index is -0.233. The molecule has 0 saturated carbocycles. The van der Waals surface area contributed by atoms with Crippen LogP contribution >= 0.6 is 0 Å². The van der Waals surface area contributed by atoms with Gasteiger partial charge in [-0.25, -0.2) is 4.98 Å². The van der Waals surface area contributed by atoms with E-state index in [1.165, 1.54) is 0 Å². The van der Waals surface area contributed by atoms with E-state index < -0.39 is 0 Å². The van der Waals surface area contributed by atoms with Gasteiger partial charge in [0.05, 0.1) is 18.1 Å². The Labute approximate surface area is 82.4 Å². The minimum Gasteiger partial charge on any atom is -0.355 e. The van der Waals surface area contributed by atoms with Crippen LogP contribution in [-0.4, -0.2) is 22.0 Å². The fourth-order valence-electron chi connectivity index (χ4n) is 1.06. The molecule has 0 unspecified atom stereocenters. The molecular weight excluding hydrogens is 180 g/mol. The average molecular weight is 192 g/mol. The molecule has 14 heavy (non-hydrogen) atoms. The lowest BCUT2D eigenvalue weighted by Gasteiger charge is -1.99. The van der Waals surface area contributed by atoms with E-state index in [4.69, 9.17) is 5.26 Å². The molecule has 74 valence electrons. The zero-order valence-electron chi connectivity index (χ0n) is 8.03. The van der Waals surface area contributed by atoms with E-state index in [-0.39, 0.29) is 12.3 Å². The summed E-state index contributed by atoms with van der Waals surface area (Å²) in [6.07, 6.45) is 4.23. The molecule has 0 aliphatic carbocycles. The highest BCUT2D eigenvalue weighted by atomic mass is 16.1. The fourth-order valence-corrected chi connectivity index (χ4v) is 1.06. The van der Waals surface area contributed by atoms with Gasteiger partial charge in [0.2, 0.25) is 5.91 Å². The molecule has 0 spiro atoms. The molecule has 0 aliphatic heterocycles. The van der Waals surface area contributed by atoms with Crippen molar-refractivity contribution in [3.63, 3.8) is 0 Å². The lowest BCUT2D eigenvalue weighted by molar-refractivity contribution is -0.120. The molecule has 1 aromatic rings. The van der Waals surface area contributed by atoms with Crippen LogP contribution in [0.3, 0.4) is 0 Å². The molecule has 1 aromatic heterocycles. The Morgan fingerprint density at radius 2 is 2.57 bits per heavy atom. The Morgan fingerprint density at radius 3 is 3.14 bits per heavy atom. The maximum atomic E-state index is 10.9. The Kier molecular flexibility index (Phi) is 3.68. The summed E-state index contributed by atoms with van der Waals surface area (Å²) in [5, 5.41) is 10.9. The van der Waals surface area contributed by atoms with Crippen LogP contribution < -0.4 is 5.32 Å². The number of amides is 1. The van der Waals surface area contributed by atoms with Gasteiger partial charge in [-0.15, -0.1) is 0 Å². The molecule has 1 N–H and O–H groups in total. The van der Waals surface area contributed by atoms with Crippen molar-refractivity contribution >= 4 is 5.91 Å². The van der Waals surface area contributed by atoms with Crippen LogP contribution in [0.5, 0.6) is 0 Å². The molecule has 0 radical (unpaired) electrons. The quantitative estimate of drug-likeness (QED) is 0.729. The van der Waals surface area contributed by atoms with E-state index in [1.807, 2.05) is 17.8 Å². The number of imidazole rings is 1. The van der Waals surface area contributed by atoms with Crippen molar-refractivity contribution in [3.05, 3.63) is 18.2 Å². The average Bonchev–Trinajstić information content (AvgIpc) is 2.52. The van der Waals surface area contributed by atoms with Crippen molar-refractivity contribution in [2.45, 2.75) is 12.8 Å². The molecule has 0 aliphatic rings. The summed E-state index contributed by atoms with van der Waals surface area (Å²) in [7, 11) is 1.89. The highest BCUT2D eigenvalue weighted by Gasteiger charge is 2.00. The highest BCUT2D eigenvalue weighted by molar-refractivity contribution is 5.77. The topological polar surface area (TPSA) is 70.7 Å². The lowest BCUT2D eigenvalue weighted by Crippen LogP contribution is -2.24. The second-order valence-corrected chi connectivity index (χ2v) is 2.97. The van der Waals surface area contributed by atoms with E-state index in [2.05, 4.69) is 10.3 Å². The number of aromatic nitrogens is 2. The summed E-state index contributed by atoms with van der Waals surface area (Å²) < 4.78 is 1.85. The van der Waals surface area contributed by atoms with Crippen LogP contribution in [0, 0.1) is 11.3 Å². The van der Waals surface area contributed by atoms with Gasteiger partial charge in [-0.2, -0.15) is 5.26 Å². The van der Waals surface area contributed by atoms with Crippen molar-refractivity contribution in [2.24, 2.45) is 7.05 Å². The van der Waals surface area contributed by atoms with Crippen LogP contribution in [-0.2, 0) is 18.3 Å². The van der Waals surface area contributed by atoms with Crippen molar-refractivity contribution in [3.8, 4) is 6.07 Å². The van der Waals surface area contributed by atoms with Gasteiger partial charge >= 0.3 is 0 Å². The van der Waals surface area contributed by atoms with Crippen LogP contribution in [0.2, 0.25) is 0 Å². The maximum Gasteiger partial charge on any atom is 0.234 e. The normalized spacial score (nSPS) is 9.43. The molecule has 5 nitrogen and oxygen atoms in total. The molecule has 0 aromatic carbocycles. The largest absolute Gasteiger partial charge is 0.355 e. The van der Waals surface area contributed by atoms with Gasteiger partial charge in [0, 0.05) is 26.2 Å². The lowest BCUT2D eigenvalue weighted by atomic mass is 10.3. The van der Waals surface area contributed by atoms with Crippen LogP contribution in [0.15, 0.2) is 12.5 Å². The molecule has 1 rings (SSSR count). The number of rotatable bonds is 4. The number of hydrogen-bond donors (Lipinski definition) is 1. The fraction of sp³-hybridized carbons (Fsp3) is 0.444. The first-order chi connectivity index (χ1) is 6.72. The van der Waals surface area contributed by atoms with Gasteiger partial charge in [-0.05, 0) is 0 Å². The standard InChI is InChI=1S/C9H12N4O/c1-13-6-8(12-7-13)3-5-11-9(14)2-4-10/h6-7H,2-3,5H2,1H3,(H,11,14). The molecule has 1 amide bonds. The van der Waals surface area contributed by atoms with Gasteiger partial charge in [0.25, 0.3) is 0 Å². The first kappa shape index (κ1) is 10.3. The Morgan fingerprint density at radius 1 is 1.79 bits per heavy atom. The van der Waals surface area contributed by atoms with Gasteiger partial charge in [0.15, 0.2) is 0 Å². The summed E-state index contributed by atoms with van der Waals surface area (Å²) in [4.78, 5) is 15.0. The predicted molar refractivity (Wildman–Crippen MR) is 50.2 cm³/mol. The monoisotopic (exact) mass is 192 g/mol. The van der Waals surface area contributed by atoms with Crippen LogP contribution in [0.1, 0.15) is 12.1 Å². The van der Waals surface area contributed by atoms with Crippen molar-refractivity contribution < 1.29 is 4.79 Å². The molecular formula is C9H12N4O. The van der Waals surface area contributed by atoms with E-state index in [0.29, 0.717) is 13.0 Å². The maximum absolute atomic E-state index is 10.9. The SMILES string of the molecule is Cn1cnc(CCNC(=O)CC#N)c1. The summed E-state index contributed by atoms with van der Waals surface area (Å²) in [5.74, 6) is -0.233. The predicted octanol–water partition coefficient (Wildman–Crippen LogP) is -0.00752. The van der Waals surface area contributed by atoms with E-state index in [1.54, 1.807) is 12.4 Å². The third-order valence-corrected chi connectivity index (χ3v) is 1.70. The number of nitrogens with zero attached hydrogens (tertiary/aromatic N) is 3. The van der Waals surface area contributed by atoms with Crippen LogP contribution in [0.25, 0.3) is 0 Å². The number of carbonyl (C=O) groups excluding carboxylic acids is 1. The van der Waals surface area contributed by atoms with Gasteiger partial charge in [-0.3, -0.25) is 4.79 Å². The smallest absolute Gasteiger partial charge is 0.234 e. The molecule has 5 heteroatoms. The van der Waals surface area contributed by atoms with E-state index >= 15 is 0 Å². The third-order valence-electron chi connectivity index (χ3n) is 1.70. The summed E-state index contributed by atoms with van der Waals surface area (Å²) in [6.45, 7) is 0.525. The summed E-state index contributed by atoms with van der Waals surface area (Å²) >= 11 is 0. The Bertz CT molecular complexity index is 350. The molecule has 0 fully saturated rings. The highest BCUT2D eigenvalue weighted by Crippen LogP contribution is 1.93. The summed E-state index contributed by atoms with van der Waals surface area (Å²) in [6, 6.07) is 1.79. The molecule has 0 atom stereocenters. The zero-order chi connectivity index (χ0) is 10.4. The van der Waals surface area contributed by atoms with Crippen molar-refractivity contribution in [1.82, 2.24) is 14.9 Å². The van der Waals surface area contributed by atoms with E-state index in [9.17, 15) is 4.79 Å². The molecule has 0 saturated heterocycles.